The number of thiazole rings is 1. The second kappa shape index (κ2) is 6.75. The van der Waals surface area contributed by atoms with Crippen LogP contribution in [0.5, 0.6) is 0 Å². The van der Waals surface area contributed by atoms with Crippen LogP contribution in [0.1, 0.15) is 16.1 Å². The third-order valence-corrected chi connectivity index (χ3v) is 4.44. The van der Waals surface area contributed by atoms with E-state index < -0.39 is 0 Å². The molecule has 1 N–H and O–H groups in total. The standard InChI is InChI=1S/C19H18N2OS/c1-13-8-9-16(14(2)10-13)20-18(22)11-19-21-17(12-23-19)15-6-4-3-5-7-15/h3-10,12H,11H2,1-2H3,(H,20,22). The van der Waals surface area contributed by atoms with Crippen LogP contribution in [0.25, 0.3) is 11.3 Å². The number of nitrogens with zero attached hydrogens (tertiary/aromatic N) is 1. The zero-order valence-corrected chi connectivity index (χ0v) is 14.0. The Hall–Kier alpha value is -2.46. The van der Waals surface area contributed by atoms with Crippen molar-refractivity contribution in [1.82, 2.24) is 4.98 Å². The summed E-state index contributed by atoms with van der Waals surface area (Å²) in [6.07, 6.45) is 0.296. The molecule has 0 aliphatic carbocycles. The van der Waals surface area contributed by atoms with Gasteiger partial charge in [0.15, 0.2) is 0 Å². The van der Waals surface area contributed by atoms with E-state index in [0.717, 1.165) is 27.5 Å². The summed E-state index contributed by atoms with van der Waals surface area (Å²) in [6.45, 7) is 4.04. The predicted molar refractivity (Wildman–Crippen MR) is 95.8 cm³/mol. The molecule has 0 bridgehead atoms. The lowest BCUT2D eigenvalue weighted by Crippen LogP contribution is -2.15. The van der Waals surface area contributed by atoms with Crippen molar-refractivity contribution in [1.29, 1.82) is 0 Å². The summed E-state index contributed by atoms with van der Waals surface area (Å²) < 4.78 is 0. The lowest BCUT2D eigenvalue weighted by atomic mass is 10.1. The first kappa shape index (κ1) is 15.4. The van der Waals surface area contributed by atoms with E-state index in [2.05, 4.69) is 16.4 Å². The molecule has 3 aromatic rings. The van der Waals surface area contributed by atoms with Gasteiger partial charge >= 0.3 is 0 Å². The Morgan fingerprint density at radius 2 is 1.91 bits per heavy atom. The third-order valence-electron chi connectivity index (χ3n) is 3.59. The first-order chi connectivity index (χ1) is 11.1. The van der Waals surface area contributed by atoms with Crippen LogP contribution in [0.2, 0.25) is 0 Å². The number of anilines is 1. The molecule has 3 rings (SSSR count). The third kappa shape index (κ3) is 3.85. The molecule has 0 unspecified atom stereocenters. The second-order valence-electron chi connectivity index (χ2n) is 5.54. The van der Waals surface area contributed by atoms with Gasteiger partial charge in [-0.15, -0.1) is 11.3 Å². The fraction of sp³-hybridized carbons (Fsp3) is 0.158. The average Bonchev–Trinajstić information content (AvgIpc) is 2.99. The van der Waals surface area contributed by atoms with Gasteiger partial charge in [0.05, 0.1) is 12.1 Å². The molecule has 0 aliphatic rings. The molecule has 1 heterocycles. The van der Waals surface area contributed by atoms with Gasteiger partial charge in [-0.25, -0.2) is 4.98 Å². The molecule has 0 fully saturated rings. The molecular formula is C19H18N2OS. The molecular weight excluding hydrogens is 304 g/mol. The Balaban J connectivity index is 1.68. The van der Waals surface area contributed by atoms with E-state index in [1.54, 1.807) is 0 Å². The van der Waals surface area contributed by atoms with Crippen LogP contribution in [-0.2, 0) is 11.2 Å². The van der Waals surface area contributed by atoms with Gasteiger partial charge in [-0.3, -0.25) is 4.79 Å². The topological polar surface area (TPSA) is 42.0 Å². The van der Waals surface area contributed by atoms with Gasteiger partial charge in [0, 0.05) is 16.6 Å². The Morgan fingerprint density at radius 1 is 1.13 bits per heavy atom. The number of amides is 1. The average molecular weight is 322 g/mol. The fourth-order valence-electron chi connectivity index (χ4n) is 2.42. The molecule has 0 atom stereocenters. The van der Waals surface area contributed by atoms with Crippen molar-refractivity contribution in [2.24, 2.45) is 0 Å². The molecule has 0 aliphatic heterocycles. The number of benzene rings is 2. The first-order valence-corrected chi connectivity index (χ1v) is 8.37. The minimum absolute atomic E-state index is 0.0362. The molecule has 0 radical (unpaired) electrons. The number of rotatable bonds is 4. The summed E-state index contributed by atoms with van der Waals surface area (Å²) in [5.74, 6) is -0.0362. The van der Waals surface area contributed by atoms with Gasteiger partial charge in [0.2, 0.25) is 5.91 Å². The van der Waals surface area contributed by atoms with Crippen molar-refractivity contribution in [2.75, 3.05) is 5.32 Å². The fourth-order valence-corrected chi connectivity index (χ4v) is 3.22. The van der Waals surface area contributed by atoms with Gasteiger partial charge in [-0.2, -0.15) is 0 Å². The van der Waals surface area contributed by atoms with Crippen molar-refractivity contribution < 1.29 is 4.79 Å². The Kier molecular flexibility index (Phi) is 4.53. The second-order valence-corrected chi connectivity index (χ2v) is 6.48. The van der Waals surface area contributed by atoms with Crippen molar-refractivity contribution in [3.8, 4) is 11.3 Å². The monoisotopic (exact) mass is 322 g/mol. The number of aromatic nitrogens is 1. The smallest absolute Gasteiger partial charge is 0.231 e. The molecule has 1 aromatic heterocycles. The minimum Gasteiger partial charge on any atom is -0.325 e. The summed E-state index contributed by atoms with van der Waals surface area (Å²) in [5.41, 5.74) is 5.12. The summed E-state index contributed by atoms with van der Waals surface area (Å²) >= 11 is 1.52. The summed E-state index contributed by atoms with van der Waals surface area (Å²) in [7, 11) is 0. The van der Waals surface area contributed by atoms with Gasteiger partial charge in [-0.05, 0) is 25.5 Å². The van der Waals surface area contributed by atoms with E-state index in [0.29, 0.717) is 6.42 Å². The largest absolute Gasteiger partial charge is 0.325 e. The zero-order chi connectivity index (χ0) is 16.2. The number of nitrogens with one attached hydrogen (secondary N) is 1. The number of hydrogen-bond donors (Lipinski definition) is 1. The van der Waals surface area contributed by atoms with Gasteiger partial charge < -0.3 is 5.32 Å². The molecule has 3 nitrogen and oxygen atoms in total. The lowest BCUT2D eigenvalue weighted by molar-refractivity contribution is -0.115. The van der Waals surface area contributed by atoms with Gasteiger partial charge in [-0.1, -0.05) is 48.0 Å². The van der Waals surface area contributed by atoms with Crippen LogP contribution in [-0.4, -0.2) is 10.9 Å². The Labute approximate surface area is 140 Å². The molecule has 0 saturated heterocycles. The van der Waals surface area contributed by atoms with Gasteiger partial charge in [0.1, 0.15) is 5.01 Å². The predicted octanol–water partition coefficient (Wildman–Crippen LogP) is 4.61. The first-order valence-electron chi connectivity index (χ1n) is 7.49. The maximum atomic E-state index is 12.2. The molecule has 2 aromatic carbocycles. The lowest BCUT2D eigenvalue weighted by Gasteiger charge is -2.08. The normalized spacial score (nSPS) is 10.5. The highest BCUT2D eigenvalue weighted by Gasteiger charge is 2.10. The number of carbonyl (C=O) groups excluding carboxylic acids is 1. The van der Waals surface area contributed by atoms with E-state index in [-0.39, 0.29) is 5.91 Å². The van der Waals surface area contributed by atoms with Crippen LogP contribution in [0.15, 0.2) is 53.9 Å². The highest BCUT2D eigenvalue weighted by Crippen LogP contribution is 2.22. The van der Waals surface area contributed by atoms with Crippen LogP contribution in [0.3, 0.4) is 0 Å². The Morgan fingerprint density at radius 3 is 2.65 bits per heavy atom. The molecule has 23 heavy (non-hydrogen) atoms. The van der Waals surface area contributed by atoms with Crippen LogP contribution in [0.4, 0.5) is 5.69 Å². The van der Waals surface area contributed by atoms with Crippen LogP contribution >= 0.6 is 11.3 Å². The number of hydrogen-bond acceptors (Lipinski definition) is 3. The maximum absolute atomic E-state index is 12.2. The SMILES string of the molecule is Cc1ccc(NC(=O)Cc2nc(-c3ccccc3)cs2)c(C)c1. The molecule has 1 amide bonds. The van der Waals surface area contributed by atoms with E-state index in [4.69, 9.17) is 0 Å². The van der Waals surface area contributed by atoms with Crippen LogP contribution < -0.4 is 5.32 Å². The van der Waals surface area contributed by atoms with Crippen molar-refractivity contribution in [3.63, 3.8) is 0 Å². The van der Waals surface area contributed by atoms with Crippen molar-refractivity contribution in [2.45, 2.75) is 20.3 Å². The molecule has 116 valence electrons. The molecule has 0 saturated carbocycles. The van der Waals surface area contributed by atoms with E-state index >= 15 is 0 Å². The van der Waals surface area contributed by atoms with Crippen molar-refractivity contribution in [3.05, 3.63) is 70.0 Å². The summed E-state index contributed by atoms with van der Waals surface area (Å²) in [4.78, 5) is 16.8. The van der Waals surface area contributed by atoms with Crippen molar-refractivity contribution >= 4 is 22.9 Å². The maximum Gasteiger partial charge on any atom is 0.231 e. The van der Waals surface area contributed by atoms with E-state index in [9.17, 15) is 4.79 Å². The Bertz CT molecular complexity index is 824. The number of aryl methyl sites for hydroxylation is 2. The van der Waals surface area contributed by atoms with Gasteiger partial charge in [0.25, 0.3) is 0 Å². The molecule has 4 heteroatoms. The summed E-state index contributed by atoms with van der Waals surface area (Å²) in [6, 6.07) is 16.0. The zero-order valence-electron chi connectivity index (χ0n) is 13.2. The van der Waals surface area contributed by atoms with Crippen LogP contribution in [0, 0.1) is 13.8 Å². The molecule has 0 spiro atoms. The summed E-state index contributed by atoms with van der Waals surface area (Å²) in [5, 5.41) is 5.78. The quantitative estimate of drug-likeness (QED) is 0.762. The number of carbonyl (C=O) groups is 1. The van der Waals surface area contributed by atoms with E-state index in [1.165, 1.54) is 16.9 Å². The minimum atomic E-state index is -0.0362. The van der Waals surface area contributed by atoms with E-state index in [1.807, 2.05) is 61.7 Å². The highest BCUT2D eigenvalue weighted by molar-refractivity contribution is 7.10. The highest BCUT2D eigenvalue weighted by atomic mass is 32.1.